The highest BCUT2D eigenvalue weighted by Gasteiger charge is 2.54. The molecule has 2 amide bonds. The Labute approximate surface area is 151 Å². The lowest BCUT2D eigenvalue weighted by atomic mass is 9.78. The van der Waals surface area contributed by atoms with Gasteiger partial charge in [-0.2, -0.15) is 0 Å². The topological polar surface area (TPSA) is 66.6 Å². The highest BCUT2D eigenvalue weighted by molar-refractivity contribution is 5.91. The van der Waals surface area contributed by atoms with Gasteiger partial charge in [0.25, 0.3) is 0 Å². The maximum Gasteiger partial charge on any atom is 0.242 e. The molecule has 2 N–H and O–H groups in total. The zero-order valence-corrected chi connectivity index (χ0v) is 14.6. The van der Waals surface area contributed by atoms with Crippen molar-refractivity contribution in [2.24, 2.45) is 11.1 Å². The summed E-state index contributed by atoms with van der Waals surface area (Å²) >= 11 is 0. The molecular weight excluding hydrogens is 340 g/mol. The lowest BCUT2D eigenvalue weighted by Gasteiger charge is -2.39. The quantitative estimate of drug-likeness (QED) is 0.891. The summed E-state index contributed by atoms with van der Waals surface area (Å²) in [6, 6.07) is 3.73. The molecule has 0 bridgehead atoms. The van der Waals surface area contributed by atoms with Crippen LogP contribution in [0.25, 0.3) is 0 Å². The van der Waals surface area contributed by atoms with Gasteiger partial charge in [0.05, 0.1) is 11.0 Å². The monoisotopic (exact) mass is 363 g/mol. The summed E-state index contributed by atoms with van der Waals surface area (Å²) in [5, 5.41) is 0. The van der Waals surface area contributed by atoms with Gasteiger partial charge >= 0.3 is 0 Å². The minimum atomic E-state index is -0.906. The smallest absolute Gasteiger partial charge is 0.242 e. The van der Waals surface area contributed by atoms with Crippen molar-refractivity contribution in [3.63, 3.8) is 0 Å². The fraction of sp³-hybridized carbons (Fsp3) is 0.579. The average Bonchev–Trinajstić information content (AvgIpc) is 3.23. The van der Waals surface area contributed by atoms with Crippen LogP contribution in [0.3, 0.4) is 0 Å². The Morgan fingerprint density at radius 3 is 2.58 bits per heavy atom. The fourth-order valence-corrected chi connectivity index (χ4v) is 4.25. The van der Waals surface area contributed by atoms with Crippen LogP contribution >= 0.6 is 0 Å². The summed E-state index contributed by atoms with van der Waals surface area (Å²) in [6.07, 6.45) is 3.66. The molecule has 4 rings (SSSR count). The molecule has 3 fully saturated rings. The van der Waals surface area contributed by atoms with Crippen LogP contribution in [0.4, 0.5) is 8.78 Å². The van der Waals surface area contributed by atoms with Crippen LogP contribution in [0.5, 0.6) is 0 Å². The first-order valence-electron chi connectivity index (χ1n) is 9.15. The number of piperidine rings is 1. The molecule has 26 heavy (non-hydrogen) atoms. The summed E-state index contributed by atoms with van der Waals surface area (Å²) in [5.74, 6) is -1.83. The first-order chi connectivity index (χ1) is 12.3. The van der Waals surface area contributed by atoms with Crippen LogP contribution in [0.15, 0.2) is 18.2 Å². The molecule has 2 saturated heterocycles. The molecule has 0 radical (unpaired) electrons. The van der Waals surface area contributed by atoms with Gasteiger partial charge in [-0.05, 0) is 49.8 Å². The Balaban J connectivity index is 1.47. The van der Waals surface area contributed by atoms with E-state index in [-0.39, 0.29) is 18.4 Å². The molecule has 1 saturated carbocycles. The van der Waals surface area contributed by atoms with Crippen LogP contribution < -0.4 is 5.73 Å². The Bertz CT molecular complexity index is 765. The lowest BCUT2D eigenvalue weighted by Crippen LogP contribution is -2.51. The van der Waals surface area contributed by atoms with Gasteiger partial charge in [-0.15, -0.1) is 0 Å². The first-order valence-corrected chi connectivity index (χ1v) is 9.15. The van der Waals surface area contributed by atoms with Gasteiger partial charge in [0, 0.05) is 26.2 Å². The average molecular weight is 363 g/mol. The van der Waals surface area contributed by atoms with E-state index in [9.17, 15) is 18.4 Å². The molecule has 3 aliphatic rings. The normalized spacial score (nSPS) is 27.3. The largest absolute Gasteiger partial charge is 0.340 e. The molecule has 5 nitrogen and oxygen atoms in total. The molecule has 1 aliphatic carbocycles. The van der Waals surface area contributed by atoms with E-state index in [1.807, 2.05) is 0 Å². The Morgan fingerprint density at radius 1 is 1.12 bits per heavy atom. The van der Waals surface area contributed by atoms with E-state index in [0.29, 0.717) is 44.5 Å². The van der Waals surface area contributed by atoms with Gasteiger partial charge in [0.1, 0.15) is 0 Å². The van der Waals surface area contributed by atoms with Gasteiger partial charge in [-0.1, -0.05) is 6.07 Å². The number of carbonyl (C=O) groups is 2. The van der Waals surface area contributed by atoms with Gasteiger partial charge < -0.3 is 15.5 Å². The van der Waals surface area contributed by atoms with Gasteiger partial charge in [0.2, 0.25) is 11.8 Å². The molecule has 2 aliphatic heterocycles. The summed E-state index contributed by atoms with van der Waals surface area (Å²) < 4.78 is 26.6. The number of benzene rings is 1. The van der Waals surface area contributed by atoms with Crippen LogP contribution in [0.2, 0.25) is 0 Å². The summed E-state index contributed by atoms with van der Waals surface area (Å²) in [7, 11) is 0. The number of hydrogen-bond acceptors (Lipinski definition) is 3. The van der Waals surface area contributed by atoms with Crippen molar-refractivity contribution in [3.8, 4) is 0 Å². The highest BCUT2D eigenvalue weighted by atomic mass is 19.2. The van der Waals surface area contributed by atoms with Crippen molar-refractivity contribution in [1.82, 2.24) is 9.80 Å². The molecule has 1 atom stereocenters. The predicted molar refractivity (Wildman–Crippen MR) is 90.8 cm³/mol. The van der Waals surface area contributed by atoms with Crippen molar-refractivity contribution in [1.29, 1.82) is 0 Å². The van der Waals surface area contributed by atoms with Crippen LogP contribution in [-0.4, -0.2) is 46.8 Å². The van der Waals surface area contributed by atoms with E-state index >= 15 is 0 Å². The van der Waals surface area contributed by atoms with Crippen molar-refractivity contribution < 1.29 is 18.4 Å². The van der Waals surface area contributed by atoms with E-state index in [2.05, 4.69) is 0 Å². The summed E-state index contributed by atoms with van der Waals surface area (Å²) in [6.45, 7) is 1.82. The Kier molecular flexibility index (Phi) is 4.02. The van der Waals surface area contributed by atoms with E-state index < -0.39 is 22.6 Å². The summed E-state index contributed by atoms with van der Waals surface area (Å²) in [5.41, 5.74) is 5.32. The van der Waals surface area contributed by atoms with Gasteiger partial charge in [0.15, 0.2) is 11.6 Å². The van der Waals surface area contributed by atoms with E-state index in [1.54, 1.807) is 9.80 Å². The number of carbonyl (C=O) groups excluding carboxylic acids is 2. The fourth-order valence-electron chi connectivity index (χ4n) is 4.25. The van der Waals surface area contributed by atoms with Crippen molar-refractivity contribution in [2.45, 2.75) is 44.2 Å². The van der Waals surface area contributed by atoms with Crippen LogP contribution in [-0.2, 0) is 16.1 Å². The number of halogens is 2. The Hall–Kier alpha value is -2.02. The van der Waals surface area contributed by atoms with Crippen LogP contribution in [0.1, 0.15) is 37.7 Å². The molecule has 0 aromatic heterocycles. The molecule has 1 spiro atoms. The third kappa shape index (κ3) is 2.88. The second kappa shape index (κ2) is 6.01. The van der Waals surface area contributed by atoms with Crippen molar-refractivity contribution in [2.75, 3.05) is 19.6 Å². The van der Waals surface area contributed by atoms with Crippen molar-refractivity contribution in [3.05, 3.63) is 35.4 Å². The number of hydrogen-bond donors (Lipinski definition) is 1. The van der Waals surface area contributed by atoms with Crippen molar-refractivity contribution >= 4 is 11.8 Å². The molecule has 2 heterocycles. The standard InChI is InChI=1S/C19H23F2N3O2/c20-14-3-2-13(10-15(14)21)11-23-8-1-4-18(16(23)25)7-9-24(12-18)17(26)19(22)5-6-19/h2-3,10H,1,4-9,11-12,22H2/t18-/m1/s1. The van der Waals surface area contributed by atoms with Crippen LogP contribution in [0, 0.1) is 17.0 Å². The minimum Gasteiger partial charge on any atom is -0.340 e. The number of nitrogens with two attached hydrogens (primary N) is 1. The summed E-state index contributed by atoms with van der Waals surface area (Å²) in [4.78, 5) is 29.1. The molecule has 7 heteroatoms. The lowest BCUT2D eigenvalue weighted by molar-refractivity contribution is -0.147. The second-order valence-corrected chi connectivity index (χ2v) is 7.99. The number of nitrogens with zero attached hydrogens (tertiary/aromatic N) is 2. The third-order valence-corrected chi connectivity index (χ3v) is 6.04. The third-order valence-electron chi connectivity index (χ3n) is 6.04. The highest BCUT2D eigenvalue weighted by Crippen LogP contribution is 2.43. The van der Waals surface area contributed by atoms with E-state index in [4.69, 9.17) is 5.73 Å². The predicted octanol–water partition coefficient (Wildman–Crippen LogP) is 1.80. The van der Waals surface area contributed by atoms with Gasteiger partial charge in [-0.3, -0.25) is 9.59 Å². The molecule has 140 valence electrons. The molecular formula is C19H23F2N3O2. The number of likely N-dealkylation sites (tertiary alicyclic amines) is 2. The molecule has 0 unspecified atom stereocenters. The first kappa shape index (κ1) is 17.4. The van der Waals surface area contributed by atoms with Gasteiger partial charge in [-0.25, -0.2) is 8.78 Å². The number of rotatable bonds is 3. The Morgan fingerprint density at radius 2 is 1.88 bits per heavy atom. The second-order valence-electron chi connectivity index (χ2n) is 7.99. The maximum atomic E-state index is 13.4. The number of amides is 2. The van der Waals surface area contributed by atoms with E-state index in [1.165, 1.54) is 6.07 Å². The minimum absolute atomic E-state index is 0.00523. The molecule has 1 aromatic rings. The SMILES string of the molecule is NC1(C(=O)N2CC[C@]3(CCCN(Cc4ccc(F)c(F)c4)C3=O)C2)CC1. The molecule has 1 aromatic carbocycles. The maximum absolute atomic E-state index is 13.4. The zero-order chi connectivity index (χ0) is 18.5. The van der Waals surface area contributed by atoms with E-state index in [0.717, 1.165) is 25.0 Å². The zero-order valence-electron chi connectivity index (χ0n) is 14.6.